The number of halogens is 1. The molecular weight excluding hydrogens is 258 g/mol. The molecule has 7 heteroatoms. The van der Waals surface area contributed by atoms with Crippen LogP contribution in [-0.2, 0) is 4.74 Å². The molecule has 98 valence electrons. The summed E-state index contributed by atoms with van der Waals surface area (Å²) in [6, 6.07) is 2.93. The van der Waals surface area contributed by atoms with Gasteiger partial charge in [-0.05, 0) is 25.8 Å². The normalized spacial score (nSPS) is 22.3. The van der Waals surface area contributed by atoms with E-state index in [4.69, 9.17) is 16.3 Å². The largest absolute Gasteiger partial charge is 0.378 e. The Bertz CT molecular complexity index is 449. The number of pyridine rings is 1. The minimum atomic E-state index is -0.468. The monoisotopic (exact) mass is 271 g/mol. The van der Waals surface area contributed by atoms with Crippen LogP contribution in [0.15, 0.2) is 12.1 Å². The van der Waals surface area contributed by atoms with E-state index in [1.165, 1.54) is 12.1 Å². The standard InChI is InChI=1S/C11H14ClN3O3/c1-2-18-8-5-7(6-8)13-11-9(15(16)17)3-4-10(12)14-11/h3-4,7-8H,2,5-6H2,1H3,(H,13,14). The Morgan fingerprint density at radius 2 is 2.33 bits per heavy atom. The summed E-state index contributed by atoms with van der Waals surface area (Å²) in [7, 11) is 0. The number of hydrogen-bond acceptors (Lipinski definition) is 5. The molecule has 2 rings (SSSR count). The highest BCUT2D eigenvalue weighted by molar-refractivity contribution is 6.29. The van der Waals surface area contributed by atoms with Crippen LogP contribution in [0.2, 0.25) is 5.15 Å². The molecule has 18 heavy (non-hydrogen) atoms. The molecule has 1 N–H and O–H groups in total. The van der Waals surface area contributed by atoms with Crippen molar-refractivity contribution in [2.75, 3.05) is 11.9 Å². The second-order valence-corrected chi connectivity index (χ2v) is 4.54. The molecule has 6 nitrogen and oxygen atoms in total. The highest BCUT2D eigenvalue weighted by atomic mass is 35.5. The predicted octanol–water partition coefficient (Wildman–Crippen LogP) is 2.62. The first-order chi connectivity index (χ1) is 8.60. The summed E-state index contributed by atoms with van der Waals surface area (Å²) < 4.78 is 5.43. The summed E-state index contributed by atoms with van der Waals surface area (Å²) >= 11 is 5.75. The first-order valence-corrected chi connectivity index (χ1v) is 6.17. The number of nitrogens with zero attached hydrogens (tertiary/aromatic N) is 2. The van der Waals surface area contributed by atoms with Gasteiger partial charge in [0.15, 0.2) is 0 Å². The maximum atomic E-state index is 10.8. The maximum Gasteiger partial charge on any atom is 0.311 e. The molecule has 1 aromatic heterocycles. The van der Waals surface area contributed by atoms with Crippen LogP contribution in [0.3, 0.4) is 0 Å². The minimum Gasteiger partial charge on any atom is -0.378 e. The second-order valence-electron chi connectivity index (χ2n) is 4.15. The number of nitrogens with one attached hydrogen (secondary N) is 1. The summed E-state index contributed by atoms with van der Waals surface area (Å²) in [6.07, 6.45) is 1.91. The van der Waals surface area contributed by atoms with Crippen molar-refractivity contribution in [1.29, 1.82) is 0 Å². The van der Waals surface area contributed by atoms with Crippen molar-refractivity contribution in [3.05, 3.63) is 27.4 Å². The predicted molar refractivity (Wildman–Crippen MR) is 68.0 cm³/mol. The Hall–Kier alpha value is -1.40. The molecule has 0 spiro atoms. The topological polar surface area (TPSA) is 77.3 Å². The van der Waals surface area contributed by atoms with Crippen LogP contribution in [0.25, 0.3) is 0 Å². The van der Waals surface area contributed by atoms with Crippen LogP contribution >= 0.6 is 11.6 Å². The number of ether oxygens (including phenoxy) is 1. The fourth-order valence-electron chi connectivity index (χ4n) is 1.93. The third-order valence-corrected chi connectivity index (χ3v) is 3.09. The Morgan fingerprint density at radius 1 is 1.61 bits per heavy atom. The molecule has 0 atom stereocenters. The van der Waals surface area contributed by atoms with Crippen molar-refractivity contribution in [2.24, 2.45) is 0 Å². The molecule has 0 saturated heterocycles. The van der Waals surface area contributed by atoms with Crippen LogP contribution in [0.4, 0.5) is 11.5 Å². The Morgan fingerprint density at radius 3 is 2.94 bits per heavy atom. The highest BCUT2D eigenvalue weighted by Crippen LogP contribution is 2.30. The summed E-state index contributed by atoms with van der Waals surface area (Å²) in [4.78, 5) is 14.3. The lowest BCUT2D eigenvalue weighted by Gasteiger charge is -2.35. The van der Waals surface area contributed by atoms with Gasteiger partial charge in [-0.3, -0.25) is 10.1 Å². The van der Waals surface area contributed by atoms with E-state index in [1.807, 2.05) is 6.92 Å². The van der Waals surface area contributed by atoms with Crippen LogP contribution in [0.5, 0.6) is 0 Å². The van der Waals surface area contributed by atoms with Gasteiger partial charge < -0.3 is 10.1 Å². The Balaban J connectivity index is 2.01. The molecule has 1 aliphatic carbocycles. The SMILES string of the molecule is CCOC1CC(Nc2nc(Cl)ccc2[N+](=O)[O-])C1. The molecule has 0 aromatic carbocycles. The molecule has 1 heterocycles. The van der Waals surface area contributed by atoms with Gasteiger partial charge in [0.1, 0.15) is 5.15 Å². The van der Waals surface area contributed by atoms with E-state index >= 15 is 0 Å². The number of nitro groups is 1. The van der Waals surface area contributed by atoms with Gasteiger partial charge in [0, 0.05) is 18.7 Å². The fraction of sp³-hybridized carbons (Fsp3) is 0.545. The van der Waals surface area contributed by atoms with Crippen molar-refractivity contribution in [3.63, 3.8) is 0 Å². The molecule has 0 amide bonds. The van der Waals surface area contributed by atoms with Gasteiger partial charge in [-0.2, -0.15) is 0 Å². The van der Waals surface area contributed by atoms with E-state index < -0.39 is 4.92 Å². The van der Waals surface area contributed by atoms with Crippen LogP contribution in [-0.4, -0.2) is 28.7 Å². The van der Waals surface area contributed by atoms with Gasteiger partial charge >= 0.3 is 5.69 Å². The third-order valence-electron chi connectivity index (χ3n) is 2.87. The number of hydrogen-bond donors (Lipinski definition) is 1. The van der Waals surface area contributed by atoms with E-state index in [0.717, 1.165) is 12.8 Å². The first-order valence-electron chi connectivity index (χ1n) is 5.79. The fourth-order valence-corrected chi connectivity index (χ4v) is 2.08. The van der Waals surface area contributed by atoms with Gasteiger partial charge in [0.05, 0.1) is 11.0 Å². The minimum absolute atomic E-state index is 0.0562. The van der Waals surface area contributed by atoms with Crippen LogP contribution in [0.1, 0.15) is 19.8 Å². The maximum absolute atomic E-state index is 10.8. The molecule has 0 radical (unpaired) electrons. The average molecular weight is 272 g/mol. The Labute approximate surface area is 109 Å². The van der Waals surface area contributed by atoms with E-state index in [9.17, 15) is 10.1 Å². The van der Waals surface area contributed by atoms with Gasteiger partial charge in [0.25, 0.3) is 0 Å². The van der Waals surface area contributed by atoms with Gasteiger partial charge in [-0.1, -0.05) is 11.6 Å². The van der Waals surface area contributed by atoms with Gasteiger partial charge in [-0.25, -0.2) is 4.98 Å². The van der Waals surface area contributed by atoms with E-state index in [-0.39, 0.29) is 28.8 Å². The van der Waals surface area contributed by atoms with Crippen LogP contribution < -0.4 is 5.32 Å². The summed E-state index contributed by atoms with van der Waals surface area (Å²) in [5, 5.41) is 14.1. The van der Waals surface area contributed by atoms with E-state index in [2.05, 4.69) is 10.3 Å². The zero-order valence-electron chi connectivity index (χ0n) is 9.93. The van der Waals surface area contributed by atoms with E-state index in [1.54, 1.807) is 0 Å². The number of rotatable bonds is 5. The third kappa shape index (κ3) is 2.88. The molecule has 1 aromatic rings. The lowest BCUT2D eigenvalue weighted by atomic mass is 9.89. The molecule has 0 unspecified atom stereocenters. The Kier molecular flexibility index (Phi) is 3.98. The quantitative estimate of drug-likeness (QED) is 0.506. The van der Waals surface area contributed by atoms with Crippen molar-refractivity contribution in [1.82, 2.24) is 4.98 Å². The number of anilines is 1. The first kappa shape index (κ1) is 13.0. The van der Waals surface area contributed by atoms with Crippen molar-refractivity contribution < 1.29 is 9.66 Å². The lowest BCUT2D eigenvalue weighted by molar-refractivity contribution is -0.384. The van der Waals surface area contributed by atoms with E-state index in [0.29, 0.717) is 6.61 Å². The van der Waals surface area contributed by atoms with Crippen molar-refractivity contribution in [3.8, 4) is 0 Å². The van der Waals surface area contributed by atoms with Crippen molar-refractivity contribution >= 4 is 23.1 Å². The molecule has 1 saturated carbocycles. The summed E-state index contributed by atoms with van der Waals surface area (Å²) in [6.45, 7) is 2.64. The highest BCUT2D eigenvalue weighted by Gasteiger charge is 2.31. The molecule has 0 bridgehead atoms. The lowest BCUT2D eigenvalue weighted by Crippen LogP contribution is -2.41. The zero-order chi connectivity index (χ0) is 13.1. The smallest absolute Gasteiger partial charge is 0.311 e. The van der Waals surface area contributed by atoms with Gasteiger partial charge in [0.2, 0.25) is 5.82 Å². The molecular formula is C11H14ClN3O3. The molecule has 1 fully saturated rings. The average Bonchev–Trinajstić information content (AvgIpc) is 2.26. The van der Waals surface area contributed by atoms with Crippen molar-refractivity contribution in [2.45, 2.75) is 31.9 Å². The number of aromatic nitrogens is 1. The summed E-state index contributed by atoms with van der Waals surface area (Å²) in [5.41, 5.74) is -0.0562. The van der Waals surface area contributed by atoms with Gasteiger partial charge in [-0.15, -0.1) is 0 Å². The summed E-state index contributed by atoms with van der Waals surface area (Å²) in [5.74, 6) is 0.229. The molecule has 1 aliphatic rings. The zero-order valence-corrected chi connectivity index (χ0v) is 10.7. The molecule has 0 aliphatic heterocycles. The van der Waals surface area contributed by atoms with Crippen LogP contribution in [0, 0.1) is 10.1 Å². The second kappa shape index (κ2) is 5.49.